The third-order valence-corrected chi connectivity index (χ3v) is 4.46. The van der Waals surface area contributed by atoms with Crippen molar-refractivity contribution in [2.45, 2.75) is 39.5 Å². The number of carbonyl (C=O) groups is 2. The molecule has 0 radical (unpaired) electrons. The molecule has 0 saturated heterocycles. The Balaban J connectivity index is 1.85. The van der Waals surface area contributed by atoms with Crippen LogP contribution >= 0.6 is 0 Å². The molecule has 0 aliphatic heterocycles. The van der Waals surface area contributed by atoms with Gasteiger partial charge < -0.3 is 10.6 Å². The predicted molar refractivity (Wildman–Crippen MR) is 93.1 cm³/mol. The fourth-order valence-corrected chi connectivity index (χ4v) is 2.99. The summed E-state index contributed by atoms with van der Waals surface area (Å²) in [5.74, 6) is 0.414. The van der Waals surface area contributed by atoms with E-state index >= 15 is 0 Å². The van der Waals surface area contributed by atoms with Crippen LogP contribution in [0.15, 0.2) is 24.3 Å². The number of anilines is 1. The SMILES string of the molecule is CC(C)CNC(=O)C1CCC(C(=O)Nc2ccccc2C#N)CC1. The molecule has 1 aliphatic carbocycles. The van der Waals surface area contributed by atoms with Gasteiger partial charge in [0.05, 0.1) is 11.3 Å². The van der Waals surface area contributed by atoms with Gasteiger partial charge in [-0.3, -0.25) is 9.59 Å². The molecule has 2 N–H and O–H groups in total. The van der Waals surface area contributed by atoms with E-state index in [0.717, 1.165) is 12.8 Å². The van der Waals surface area contributed by atoms with Crippen molar-refractivity contribution in [3.8, 4) is 6.07 Å². The van der Waals surface area contributed by atoms with Gasteiger partial charge in [0.15, 0.2) is 0 Å². The van der Waals surface area contributed by atoms with Gasteiger partial charge in [-0.1, -0.05) is 26.0 Å². The van der Waals surface area contributed by atoms with Gasteiger partial charge in [0, 0.05) is 18.4 Å². The van der Waals surface area contributed by atoms with Crippen molar-refractivity contribution in [1.82, 2.24) is 5.32 Å². The first-order valence-corrected chi connectivity index (χ1v) is 8.59. The minimum Gasteiger partial charge on any atom is -0.356 e. The van der Waals surface area contributed by atoms with Crippen LogP contribution in [0.3, 0.4) is 0 Å². The maximum Gasteiger partial charge on any atom is 0.227 e. The largest absolute Gasteiger partial charge is 0.356 e. The van der Waals surface area contributed by atoms with Crippen molar-refractivity contribution in [2.75, 3.05) is 11.9 Å². The van der Waals surface area contributed by atoms with E-state index in [-0.39, 0.29) is 23.7 Å². The van der Waals surface area contributed by atoms with Crippen molar-refractivity contribution in [1.29, 1.82) is 5.26 Å². The first kappa shape index (κ1) is 18.0. The van der Waals surface area contributed by atoms with E-state index in [1.54, 1.807) is 24.3 Å². The molecule has 1 aliphatic rings. The maximum atomic E-state index is 12.4. The van der Waals surface area contributed by atoms with Gasteiger partial charge in [-0.05, 0) is 43.7 Å². The minimum absolute atomic E-state index is 0.0131. The standard InChI is InChI=1S/C19H25N3O2/c1-13(2)12-21-18(23)14-7-9-15(10-8-14)19(24)22-17-6-4-3-5-16(17)11-20/h3-6,13-15H,7-10,12H2,1-2H3,(H,21,23)(H,22,24). The Kier molecular flexibility index (Phi) is 6.36. The first-order valence-electron chi connectivity index (χ1n) is 8.59. The molecule has 1 fully saturated rings. The van der Waals surface area contributed by atoms with Crippen molar-refractivity contribution in [2.24, 2.45) is 17.8 Å². The number of rotatable bonds is 5. The molecule has 0 aromatic heterocycles. The lowest BCUT2D eigenvalue weighted by Gasteiger charge is -2.27. The highest BCUT2D eigenvalue weighted by molar-refractivity contribution is 5.94. The molecular weight excluding hydrogens is 302 g/mol. The molecule has 0 heterocycles. The summed E-state index contributed by atoms with van der Waals surface area (Å²) in [5, 5.41) is 14.9. The molecule has 5 nitrogen and oxygen atoms in total. The molecule has 128 valence electrons. The zero-order valence-electron chi connectivity index (χ0n) is 14.3. The number of carbonyl (C=O) groups excluding carboxylic acids is 2. The van der Waals surface area contributed by atoms with Gasteiger partial charge in [-0.15, -0.1) is 0 Å². The normalized spacial score (nSPS) is 20.2. The molecule has 0 unspecified atom stereocenters. The molecule has 2 rings (SSSR count). The lowest BCUT2D eigenvalue weighted by atomic mass is 9.81. The summed E-state index contributed by atoms with van der Waals surface area (Å²) in [6.07, 6.45) is 2.89. The van der Waals surface area contributed by atoms with Crippen molar-refractivity contribution >= 4 is 17.5 Å². The number of nitrogens with one attached hydrogen (secondary N) is 2. The van der Waals surface area contributed by atoms with E-state index in [9.17, 15) is 9.59 Å². The van der Waals surface area contributed by atoms with Gasteiger partial charge in [0.1, 0.15) is 6.07 Å². The van der Waals surface area contributed by atoms with Crippen LogP contribution < -0.4 is 10.6 Å². The van der Waals surface area contributed by atoms with Gasteiger partial charge >= 0.3 is 0 Å². The van der Waals surface area contributed by atoms with Gasteiger partial charge in [-0.2, -0.15) is 5.26 Å². The predicted octanol–water partition coefficient (Wildman–Crippen LogP) is 3.08. The Morgan fingerprint density at radius 2 is 1.71 bits per heavy atom. The van der Waals surface area contributed by atoms with Crippen molar-refractivity contribution in [3.05, 3.63) is 29.8 Å². The number of para-hydroxylation sites is 1. The summed E-state index contributed by atoms with van der Waals surface area (Å²) in [6.45, 7) is 4.84. The van der Waals surface area contributed by atoms with E-state index in [0.29, 0.717) is 36.6 Å². The van der Waals surface area contributed by atoms with Crippen LogP contribution in [0.5, 0.6) is 0 Å². The summed E-state index contributed by atoms with van der Waals surface area (Å²) in [7, 11) is 0. The van der Waals surface area contributed by atoms with E-state index < -0.39 is 0 Å². The second kappa shape index (κ2) is 8.49. The molecule has 0 bridgehead atoms. The van der Waals surface area contributed by atoms with Crippen LogP contribution in [-0.4, -0.2) is 18.4 Å². The molecule has 0 atom stereocenters. The lowest BCUT2D eigenvalue weighted by molar-refractivity contribution is -0.128. The lowest BCUT2D eigenvalue weighted by Crippen LogP contribution is -2.37. The Morgan fingerprint density at radius 3 is 2.29 bits per heavy atom. The fraction of sp³-hybridized carbons (Fsp3) is 0.526. The number of benzene rings is 1. The molecular formula is C19H25N3O2. The van der Waals surface area contributed by atoms with E-state index in [2.05, 4.69) is 30.6 Å². The number of nitrogens with zero attached hydrogens (tertiary/aromatic N) is 1. The van der Waals surface area contributed by atoms with E-state index in [4.69, 9.17) is 5.26 Å². The van der Waals surface area contributed by atoms with Gasteiger partial charge in [0.25, 0.3) is 0 Å². The summed E-state index contributed by atoms with van der Waals surface area (Å²) >= 11 is 0. The molecule has 2 amide bonds. The highest BCUT2D eigenvalue weighted by Crippen LogP contribution is 2.30. The third-order valence-electron chi connectivity index (χ3n) is 4.46. The minimum atomic E-state index is -0.0918. The smallest absolute Gasteiger partial charge is 0.227 e. The zero-order valence-corrected chi connectivity index (χ0v) is 14.3. The molecule has 24 heavy (non-hydrogen) atoms. The maximum absolute atomic E-state index is 12.4. The summed E-state index contributed by atoms with van der Waals surface area (Å²) < 4.78 is 0. The Bertz CT molecular complexity index is 626. The zero-order chi connectivity index (χ0) is 17.5. The molecule has 1 saturated carbocycles. The number of nitriles is 1. The van der Waals surface area contributed by atoms with Crippen LogP contribution in [-0.2, 0) is 9.59 Å². The Hall–Kier alpha value is -2.35. The molecule has 1 aromatic rings. The number of hydrogen-bond acceptors (Lipinski definition) is 3. The summed E-state index contributed by atoms with van der Waals surface area (Å²) in [6, 6.07) is 9.08. The average Bonchev–Trinajstić information content (AvgIpc) is 2.60. The Morgan fingerprint density at radius 1 is 1.12 bits per heavy atom. The monoisotopic (exact) mass is 327 g/mol. The summed E-state index contributed by atoms with van der Waals surface area (Å²) in [4.78, 5) is 24.5. The number of amides is 2. The van der Waals surface area contributed by atoms with Gasteiger partial charge in [-0.25, -0.2) is 0 Å². The molecule has 5 heteroatoms. The van der Waals surface area contributed by atoms with Crippen LogP contribution in [0.4, 0.5) is 5.69 Å². The van der Waals surface area contributed by atoms with Gasteiger partial charge in [0.2, 0.25) is 11.8 Å². The topological polar surface area (TPSA) is 82.0 Å². The van der Waals surface area contributed by atoms with Crippen LogP contribution in [0.2, 0.25) is 0 Å². The quantitative estimate of drug-likeness (QED) is 0.872. The fourth-order valence-electron chi connectivity index (χ4n) is 2.99. The van der Waals surface area contributed by atoms with Crippen LogP contribution in [0, 0.1) is 29.1 Å². The third kappa shape index (κ3) is 4.82. The van der Waals surface area contributed by atoms with Crippen molar-refractivity contribution < 1.29 is 9.59 Å². The first-order chi connectivity index (χ1) is 11.5. The van der Waals surface area contributed by atoms with E-state index in [1.807, 2.05) is 0 Å². The Labute approximate surface area is 143 Å². The second-order valence-electron chi connectivity index (χ2n) is 6.83. The van der Waals surface area contributed by atoms with Crippen molar-refractivity contribution in [3.63, 3.8) is 0 Å². The van der Waals surface area contributed by atoms with Crippen LogP contribution in [0.1, 0.15) is 45.1 Å². The highest BCUT2D eigenvalue weighted by Gasteiger charge is 2.30. The second-order valence-corrected chi connectivity index (χ2v) is 6.83. The average molecular weight is 327 g/mol. The van der Waals surface area contributed by atoms with Crippen LogP contribution in [0.25, 0.3) is 0 Å². The molecule has 0 spiro atoms. The van der Waals surface area contributed by atoms with E-state index in [1.165, 1.54) is 0 Å². The number of hydrogen-bond donors (Lipinski definition) is 2. The molecule has 1 aromatic carbocycles. The summed E-state index contributed by atoms with van der Waals surface area (Å²) in [5.41, 5.74) is 1.02. The highest BCUT2D eigenvalue weighted by atomic mass is 16.2.